The van der Waals surface area contributed by atoms with E-state index in [4.69, 9.17) is 4.74 Å². The Morgan fingerprint density at radius 3 is 2.27 bits per heavy atom. The van der Waals surface area contributed by atoms with Crippen LogP contribution in [0, 0.1) is 32.4 Å². The van der Waals surface area contributed by atoms with Crippen molar-refractivity contribution in [2.45, 2.75) is 45.8 Å². The van der Waals surface area contributed by atoms with Gasteiger partial charge in [0.05, 0.1) is 11.6 Å². The van der Waals surface area contributed by atoms with Crippen molar-refractivity contribution in [1.82, 2.24) is 10.6 Å². The summed E-state index contributed by atoms with van der Waals surface area (Å²) in [6, 6.07) is 7.76. The number of esters is 1. The van der Waals surface area contributed by atoms with Gasteiger partial charge in [-0.3, -0.25) is 9.59 Å². The monoisotopic (exact) mass is 588 g/mol. The molecule has 218 valence electrons. The van der Waals surface area contributed by atoms with Gasteiger partial charge < -0.3 is 25.6 Å². The van der Waals surface area contributed by atoms with Crippen LogP contribution in [0.2, 0.25) is 0 Å². The molecule has 1 aliphatic rings. The van der Waals surface area contributed by atoms with Gasteiger partial charge >= 0.3 is 5.97 Å². The fraction of sp³-hybridized carbons (Fsp3) is 0.300. The van der Waals surface area contributed by atoms with Gasteiger partial charge in [0.2, 0.25) is 0 Å². The van der Waals surface area contributed by atoms with E-state index in [0.29, 0.717) is 54.3 Å². The number of aryl methyl sites for hydroxylation is 1. The molecule has 1 amide bonds. The van der Waals surface area contributed by atoms with Crippen LogP contribution in [0.1, 0.15) is 66.2 Å². The van der Waals surface area contributed by atoms with Crippen LogP contribution in [0.4, 0.5) is 8.78 Å². The largest absolute Gasteiger partial charge is 0.508 e. The molecule has 0 bridgehead atoms. The second-order valence-electron chi connectivity index (χ2n) is 9.87. The summed E-state index contributed by atoms with van der Waals surface area (Å²) in [5.41, 5.74) is 1.59. The van der Waals surface area contributed by atoms with Crippen LogP contribution in [0.15, 0.2) is 42.5 Å². The molecule has 0 radical (unpaired) electrons. The molecule has 0 aliphatic carbocycles. The van der Waals surface area contributed by atoms with E-state index in [2.05, 4.69) is 10.6 Å². The van der Waals surface area contributed by atoms with Crippen molar-refractivity contribution in [3.8, 4) is 11.5 Å². The number of phenols is 2. The van der Waals surface area contributed by atoms with Gasteiger partial charge in [-0.1, -0.05) is 12.1 Å². The summed E-state index contributed by atoms with van der Waals surface area (Å²) in [5.74, 6) is -5.29. The maximum atomic E-state index is 14.1. The molecule has 1 heterocycles. The van der Waals surface area contributed by atoms with Crippen molar-refractivity contribution < 1.29 is 38.1 Å². The minimum Gasteiger partial charge on any atom is -0.508 e. The fourth-order valence-corrected chi connectivity index (χ4v) is 4.82. The zero-order valence-electron chi connectivity index (χ0n) is 22.7. The average Bonchev–Trinajstić information content (AvgIpc) is 3.14. The summed E-state index contributed by atoms with van der Waals surface area (Å²) in [4.78, 5) is 38.9. The Balaban J connectivity index is 0.00000462. The Morgan fingerprint density at radius 2 is 1.59 bits per heavy atom. The lowest BCUT2D eigenvalue weighted by molar-refractivity contribution is 0.0191. The van der Waals surface area contributed by atoms with E-state index in [1.54, 1.807) is 26.8 Å². The molecule has 4 rings (SSSR count). The molecule has 1 saturated heterocycles. The van der Waals surface area contributed by atoms with E-state index in [-0.39, 0.29) is 35.2 Å². The average molecular weight is 589 g/mol. The van der Waals surface area contributed by atoms with Crippen molar-refractivity contribution in [3.05, 3.63) is 93.0 Å². The first-order valence-electron chi connectivity index (χ1n) is 12.8. The number of aromatic hydroxyl groups is 2. The van der Waals surface area contributed by atoms with Crippen LogP contribution in [0.25, 0.3) is 0 Å². The molecule has 0 aromatic heterocycles. The summed E-state index contributed by atoms with van der Waals surface area (Å²) in [5, 5.41) is 26.1. The Hall–Kier alpha value is -4.02. The molecule has 1 aliphatic heterocycles. The van der Waals surface area contributed by atoms with Gasteiger partial charge in [0, 0.05) is 17.7 Å². The van der Waals surface area contributed by atoms with Crippen molar-refractivity contribution in [1.29, 1.82) is 0 Å². The molecular formula is C30H31ClF2N2O6. The molecule has 1 fully saturated rings. The second kappa shape index (κ2) is 13.1. The first-order chi connectivity index (χ1) is 19.0. The summed E-state index contributed by atoms with van der Waals surface area (Å²) in [6.45, 7) is 6.28. The Kier molecular flexibility index (Phi) is 10.1. The zero-order chi connectivity index (χ0) is 29.1. The molecule has 3 aromatic rings. The van der Waals surface area contributed by atoms with Crippen LogP contribution in [-0.4, -0.2) is 53.1 Å². The van der Waals surface area contributed by atoms with Gasteiger partial charge in [0.1, 0.15) is 23.2 Å². The zero-order valence-corrected chi connectivity index (χ0v) is 23.5. The standard InChI is InChI=1S/C30H30F2N2O6.ClH/c1-15-13-23(36)16(2)17(3)25(15)29(38)34-21-14-33-12-4-5-24(21)40-30(39)19-8-6-18(7-9-19)28(37)26-22(35)11-10-20(31)27(26)32;/h6-11,13,21,24,33,35-36H,4-5,12,14H2,1-3H3,(H,34,38);1H/t21-,24-;/m1./s1. The van der Waals surface area contributed by atoms with E-state index >= 15 is 0 Å². The summed E-state index contributed by atoms with van der Waals surface area (Å²) in [6.07, 6.45) is 0.548. The van der Waals surface area contributed by atoms with Crippen molar-refractivity contribution in [2.24, 2.45) is 0 Å². The highest BCUT2D eigenvalue weighted by molar-refractivity contribution is 6.11. The molecule has 2 atom stereocenters. The lowest BCUT2D eigenvalue weighted by Gasteiger charge is -2.27. The van der Waals surface area contributed by atoms with Crippen LogP contribution in [-0.2, 0) is 4.74 Å². The van der Waals surface area contributed by atoms with Gasteiger partial charge in [-0.15, -0.1) is 12.4 Å². The number of carbonyl (C=O) groups excluding carboxylic acids is 3. The van der Waals surface area contributed by atoms with E-state index in [1.807, 2.05) is 0 Å². The highest BCUT2D eigenvalue weighted by Crippen LogP contribution is 2.28. The smallest absolute Gasteiger partial charge is 0.338 e. The number of ether oxygens (including phenoxy) is 1. The lowest BCUT2D eigenvalue weighted by atomic mass is 9.96. The maximum absolute atomic E-state index is 14.1. The topological polar surface area (TPSA) is 125 Å². The predicted molar refractivity (Wildman–Crippen MR) is 150 cm³/mol. The van der Waals surface area contributed by atoms with Gasteiger partial charge in [0.15, 0.2) is 17.4 Å². The number of hydrogen-bond donors (Lipinski definition) is 4. The number of ketones is 1. The number of carbonyl (C=O) groups is 3. The third kappa shape index (κ3) is 6.66. The van der Waals surface area contributed by atoms with E-state index in [1.165, 1.54) is 24.3 Å². The first-order valence-corrected chi connectivity index (χ1v) is 12.8. The SMILES string of the molecule is Cc1cc(O)c(C)c(C)c1C(=O)N[C@@H]1CNCCC[C@H]1OC(=O)c1ccc(C(=O)c2c(O)ccc(F)c2F)cc1.Cl. The van der Waals surface area contributed by atoms with Crippen molar-refractivity contribution in [2.75, 3.05) is 13.1 Å². The normalized spacial score (nSPS) is 16.7. The third-order valence-corrected chi connectivity index (χ3v) is 7.21. The van der Waals surface area contributed by atoms with E-state index in [9.17, 15) is 33.4 Å². The van der Waals surface area contributed by atoms with E-state index in [0.717, 1.165) is 6.07 Å². The molecule has 0 spiro atoms. The van der Waals surface area contributed by atoms with Gasteiger partial charge in [-0.25, -0.2) is 13.6 Å². The third-order valence-electron chi connectivity index (χ3n) is 7.21. The molecule has 11 heteroatoms. The van der Waals surface area contributed by atoms with Crippen LogP contribution < -0.4 is 10.6 Å². The Labute approximate surface area is 242 Å². The maximum Gasteiger partial charge on any atom is 0.338 e. The number of amides is 1. The molecule has 8 nitrogen and oxygen atoms in total. The van der Waals surface area contributed by atoms with Gasteiger partial charge in [-0.2, -0.15) is 0 Å². The highest BCUT2D eigenvalue weighted by atomic mass is 35.5. The van der Waals surface area contributed by atoms with Gasteiger partial charge in [-0.05, 0) is 87.2 Å². The first kappa shape index (κ1) is 31.5. The molecule has 3 aromatic carbocycles. The molecule has 0 saturated carbocycles. The number of benzene rings is 3. The number of hydrogen-bond acceptors (Lipinski definition) is 7. The number of phenolic OH excluding ortho intramolecular Hbond substituents is 2. The predicted octanol–water partition coefficient (Wildman–Crippen LogP) is 4.66. The molecule has 41 heavy (non-hydrogen) atoms. The summed E-state index contributed by atoms with van der Waals surface area (Å²) >= 11 is 0. The summed E-state index contributed by atoms with van der Waals surface area (Å²) in [7, 11) is 0. The second-order valence-corrected chi connectivity index (χ2v) is 9.87. The number of nitrogens with one attached hydrogen (secondary N) is 2. The Morgan fingerprint density at radius 1 is 0.927 bits per heavy atom. The Bertz CT molecular complexity index is 1480. The van der Waals surface area contributed by atoms with Crippen molar-refractivity contribution in [3.63, 3.8) is 0 Å². The minimum absolute atomic E-state index is 0. The number of halogens is 3. The summed E-state index contributed by atoms with van der Waals surface area (Å²) < 4.78 is 33.5. The van der Waals surface area contributed by atoms with Gasteiger partial charge in [0.25, 0.3) is 5.91 Å². The van der Waals surface area contributed by atoms with Crippen LogP contribution in [0.5, 0.6) is 11.5 Å². The van der Waals surface area contributed by atoms with Crippen LogP contribution in [0.3, 0.4) is 0 Å². The fourth-order valence-electron chi connectivity index (χ4n) is 4.82. The quantitative estimate of drug-likeness (QED) is 0.244. The minimum atomic E-state index is -1.46. The lowest BCUT2D eigenvalue weighted by Crippen LogP contribution is -2.49. The number of rotatable bonds is 6. The van der Waals surface area contributed by atoms with Crippen LogP contribution >= 0.6 is 12.4 Å². The molecule has 0 unspecified atom stereocenters. The molecule has 4 N–H and O–H groups in total. The molecular weight excluding hydrogens is 558 g/mol. The van der Waals surface area contributed by atoms with Crippen molar-refractivity contribution >= 4 is 30.1 Å². The van der Waals surface area contributed by atoms with E-state index < -0.39 is 46.8 Å². The highest BCUT2D eigenvalue weighted by Gasteiger charge is 2.30.